The highest BCUT2D eigenvalue weighted by Crippen LogP contribution is 2.24. The first-order valence-electron chi connectivity index (χ1n) is 8.00. The van der Waals surface area contributed by atoms with Crippen molar-refractivity contribution in [1.29, 1.82) is 0 Å². The summed E-state index contributed by atoms with van der Waals surface area (Å²) < 4.78 is 0. The Morgan fingerprint density at radius 2 is 1.80 bits per heavy atom. The minimum Gasteiger partial charge on any atom is -0.368 e. The molecule has 8 heteroatoms. The molecule has 2 aromatic rings. The Labute approximate surface area is 145 Å². The van der Waals surface area contributed by atoms with E-state index in [2.05, 4.69) is 9.88 Å². The van der Waals surface area contributed by atoms with Crippen LogP contribution < -0.4 is 10.6 Å². The summed E-state index contributed by atoms with van der Waals surface area (Å²) in [5.74, 6) is 0.327. The van der Waals surface area contributed by atoms with Gasteiger partial charge in [0.05, 0.1) is 4.92 Å². The maximum atomic E-state index is 11.9. The lowest BCUT2D eigenvalue weighted by atomic mass is 10.0. The molecule has 1 aromatic heterocycles. The van der Waals surface area contributed by atoms with Gasteiger partial charge in [-0.3, -0.25) is 19.8 Å². The Hall–Kier alpha value is -3.00. The summed E-state index contributed by atoms with van der Waals surface area (Å²) >= 11 is 0. The number of nitrogens with zero attached hydrogens (tertiary/aromatic N) is 4. The van der Waals surface area contributed by atoms with Gasteiger partial charge in [-0.15, -0.1) is 0 Å². The van der Waals surface area contributed by atoms with Gasteiger partial charge >= 0.3 is 0 Å². The van der Waals surface area contributed by atoms with E-state index in [1.807, 2.05) is 35.2 Å². The fourth-order valence-corrected chi connectivity index (χ4v) is 3.07. The van der Waals surface area contributed by atoms with Gasteiger partial charge in [0.15, 0.2) is 0 Å². The van der Waals surface area contributed by atoms with E-state index in [9.17, 15) is 14.9 Å². The van der Waals surface area contributed by atoms with Crippen LogP contribution >= 0.6 is 0 Å². The van der Waals surface area contributed by atoms with Crippen molar-refractivity contribution < 1.29 is 9.72 Å². The molecule has 1 amide bonds. The zero-order valence-electron chi connectivity index (χ0n) is 13.6. The minimum atomic E-state index is -0.466. The summed E-state index contributed by atoms with van der Waals surface area (Å²) in [6, 6.07) is 12.1. The van der Waals surface area contributed by atoms with E-state index in [1.54, 1.807) is 6.07 Å². The summed E-state index contributed by atoms with van der Waals surface area (Å²) in [6.45, 7) is 2.64. The number of benzene rings is 1. The van der Waals surface area contributed by atoms with E-state index in [-0.39, 0.29) is 11.6 Å². The lowest BCUT2D eigenvalue weighted by molar-refractivity contribution is -0.385. The molecule has 0 bridgehead atoms. The first-order chi connectivity index (χ1) is 12.1. The summed E-state index contributed by atoms with van der Waals surface area (Å²) in [6.07, 6.45) is 1.26. The number of amides is 1. The molecular weight excluding hydrogens is 322 g/mol. The summed E-state index contributed by atoms with van der Waals surface area (Å²) in [5.41, 5.74) is 6.48. The van der Waals surface area contributed by atoms with E-state index < -0.39 is 11.0 Å². The Morgan fingerprint density at radius 1 is 1.12 bits per heavy atom. The molecule has 1 aliphatic rings. The zero-order valence-corrected chi connectivity index (χ0v) is 13.6. The molecule has 1 aliphatic heterocycles. The zero-order chi connectivity index (χ0) is 17.8. The number of pyridine rings is 1. The van der Waals surface area contributed by atoms with Gasteiger partial charge in [0.2, 0.25) is 5.91 Å². The van der Waals surface area contributed by atoms with Crippen LogP contribution in [0.25, 0.3) is 0 Å². The molecule has 1 unspecified atom stereocenters. The summed E-state index contributed by atoms with van der Waals surface area (Å²) in [4.78, 5) is 30.4. The highest BCUT2D eigenvalue weighted by atomic mass is 16.6. The molecular formula is C17H19N5O3. The summed E-state index contributed by atoms with van der Waals surface area (Å²) in [5, 5.41) is 10.7. The van der Waals surface area contributed by atoms with Crippen LogP contribution in [-0.2, 0) is 4.79 Å². The van der Waals surface area contributed by atoms with Gasteiger partial charge in [-0.25, -0.2) is 4.98 Å². The molecule has 2 heterocycles. The molecule has 0 spiro atoms. The van der Waals surface area contributed by atoms with Crippen molar-refractivity contribution in [2.24, 2.45) is 5.73 Å². The lowest BCUT2D eigenvalue weighted by Crippen LogP contribution is -2.50. The molecule has 0 radical (unpaired) electrons. The molecule has 0 saturated carbocycles. The molecule has 130 valence electrons. The number of nitrogens with two attached hydrogens (primary N) is 1. The third-order valence-electron chi connectivity index (χ3n) is 4.33. The van der Waals surface area contributed by atoms with Crippen LogP contribution in [0.2, 0.25) is 0 Å². The molecule has 25 heavy (non-hydrogen) atoms. The first kappa shape index (κ1) is 16.8. The fraction of sp³-hybridized carbons (Fsp3) is 0.294. The van der Waals surface area contributed by atoms with Crippen LogP contribution in [0.15, 0.2) is 48.7 Å². The van der Waals surface area contributed by atoms with Crippen molar-refractivity contribution in [3.8, 4) is 0 Å². The van der Waals surface area contributed by atoms with Crippen LogP contribution in [0.3, 0.4) is 0 Å². The average molecular weight is 341 g/mol. The average Bonchev–Trinajstić information content (AvgIpc) is 2.63. The Balaban J connectivity index is 1.68. The number of carbonyl (C=O) groups excluding carboxylic acids is 1. The number of hydrogen-bond donors (Lipinski definition) is 1. The van der Waals surface area contributed by atoms with Gasteiger partial charge in [0.1, 0.15) is 18.1 Å². The molecule has 2 N–H and O–H groups in total. The predicted octanol–water partition coefficient (Wildman–Crippen LogP) is 1.34. The second-order valence-corrected chi connectivity index (χ2v) is 5.87. The molecule has 8 nitrogen and oxygen atoms in total. The van der Waals surface area contributed by atoms with E-state index in [4.69, 9.17) is 5.73 Å². The van der Waals surface area contributed by atoms with Crippen molar-refractivity contribution in [1.82, 2.24) is 9.88 Å². The molecule has 1 aromatic carbocycles. The van der Waals surface area contributed by atoms with Crippen LogP contribution in [0.1, 0.15) is 11.6 Å². The first-order valence-corrected chi connectivity index (χ1v) is 8.00. The summed E-state index contributed by atoms with van der Waals surface area (Å²) in [7, 11) is 0. The number of nitro groups is 1. The molecule has 3 rings (SSSR count). The molecule has 0 aliphatic carbocycles. The van der Waals surface area contributed by atoms with Crippen LogP contribution in [0.5, 0.6) is 0 Å². The molecule has 1 atom stereocenters. The van der Waals surface area contributed by atoms with Gasteiger partial charge in [0, 0.05) is 32.2 Å². The van der Waals surface area contributed by atoms with Crippen LogP contribution in [0.4, 0.5) is 11.5 Å². The number of anilines is 1. The number of piperazine rings is 1. The van der Waals surface area contributed by atoms with Crippen molar-refractivity contribution >= 4 is 17.4 Å². The smallest absolute Gasteiger partial charge is 0.287 e. The second kappa shape index (κ2) is 7.27. The highest BCUT2D eigenvalue weighted by Gasteiger charge is 2.29. The third-order valence-corrected chi connectivity index (χ3v) is 4.33. The maximum Gasteiger partial charge on any atom is 0.287 e. The largest absolute Gasteiger partial charge is 0.368 e. The maximum absolute atomic E-state index is 11.9. The number of rotatable bonds is 5. The van der Waals surface area contributed by atoms with Gasteiger partial charge in [0.25, 0.3) is 5.69 Å². The normalized spacial score (nSPS) is 16.4. The quantitative estimate of drug-likeness (QED) is 0.650. The predicted molar refractivity (Wildman–Crippen MR) is 93.1 cm³/mol. The molecule has 1 fully saturated rings. The highest BCUT2D eigenvalue weighted by molar-refractivity contribution is 5.81. The van der Waals surface area contributed by atoms with Gasteiger partial charge < -0.3 is 10.6 Å². The topological polar surface area (TPSA) is 106 Å². The van der Waals surface area contributed by atoms with E-state index in [0.717, 1.165) is 5.56 Å². The van der Waals surface area contributed by atoms with E-state index >= 15 is 0 Å². The minimum absolute atomic E-state index is 0.0275. The monoisotopic (exact) mass is 341 g/mol. The lowest BCUT2D eigenvalue weighted by Gasteiger charge is -2.38. The van der Waals surface area contributed by atoms with Gasteiger partial charge in [-0.2, -0.15) is 0 Å². The van der Waals surface area contributed by atoms with Crippen molar-refractivity contribution in [3.05, 3.63) is 64.3 Å². The number of aromatic nitrogens is 1. The standard InChI is InChI=1S/C17H19N5O3/c18-17(23)16(13-4-2-1-3-5-13)21-10-8-20(9-11-21)15-7-6-14(12-19-15)22(24)25/h1-7,12,16H,8-11H2,(H2,18,23). The molecule has 1 saturated heterocycles. The van der Waals surface area contributed by atoms with Crippen molar-refractivity contribution in [3.63, 3.8) is 0 Å². The third kappa shape index (κ3) is 3.74. The number of primary amides is 1. The Bertz CT molecular complexity index is 743. The van der Waals surface area contributed by atoms with E-state index in [0.29, 0.717) is 32.0 Å². The Morgan fingerprint density at radius 3 is 2.32 bits per heavy atom. The van der Waals surface area contributed by atoms with Crippen LogP contribution in [0, 0.1) is 10.1 Å². The van der Waals surface area contributed by atoms with Gasteiger partial charge in [-0.05, 0) is 11.6 Å². The SMILES string of the molecule is NC(=O)C(c1ccccc1)N1CCN(c2ccc([N+](=O)[O-])cn2)CC1. The van der Waals surface area contributed by atoms with Crippen molar-refractivity contribution in [2.75, 3.05) is 31.1 Å². The Kier molecular flexibility index (Phi) is 4.90. The van der Waals surface area contributed by atoms with Crippen molar-refractivity contribution in [2.45, 2.75) is 6.04 Å². The van der Waals surface area contributed by atoms with Crippen LogP contribution in [-0.4, -0.2) is 46.9 Å². The number of carbonyl (C=O) groups is 1. The fourth-order valence-electron chi connectivity index (χ4n) is 3.07. The second-order valence-electron chi connectivity index (χ2n) is 5.87. The number of hydrogen-bond acceptors (Lipinski definition) is 6. The van der Waals surface area contributed by atoms with E-state index in [1.165, 1.54) is 12.3 Å². The van der Waals surface area contributed by atoms with Gasteiger partial charge in [-0.1, -0.05) is 30.3 Å².